The summed E-state index contributed by atoms with van der Waals surface area (Å²) in [6, 6.07) is 8.53. The van der Waals surface area contributed by atoms with Crippen LogP contribution in [0.5, 0.6) is 5.88 Å². The Morgan fingerprint density at radius 2 is 2.07 bits per heavy atom. The standard InChI is InChI=1S/C22H24FN3O2/c1-28-21-12-19-17(4-2-10-25-11-3-5-22(25)27)15-26(20(19)13-24-21)14-16-6-8-18(23)9-7-16/h6-9,12-13,15H,2-5,10-11,14H2,1H3. The normalized spacial score (nSPS) is 14.2. The van der Waals surface area contributed by atoms with E-state index in [1.54, 1.807) is 19.2 Å². The van der Waals surface area contributed by atoms with Crippen LogP contribution in [0.4, 0.5) is 4.39 Å². The Balaban J connectivity index is 1.57. The summed E-state index contributed by atoms with van der Waals surface area (Å²) in [7, 11) is 1.61. The molecule has 0 radical (unpaired) electrons. The molecule has 5 nitrogen and oxygen atoms in total. The van der Waals surface area contributed by atoms with Crippen LogP contribution in [0.1, 0.15) is 30.4 Å². The number of nitrogens with zero attached hydrogens (tertiary/aromatic N) is 3. The number of carbonyl (C=O) groups is 1. The van der Waals surface area contributed by atoms with Gasteiger partial charge in [-0.1, -0.05) is 12.1 Å². The number of halogens is 1. The minimum Gasteiger partial charge on any atom is -0.481 e. The van der Waals surface area contributed by atoms with Crippen LogP contribution in [-0.4, -0.2) is 40.6 Å². The molecule has 1 aromatic carbocycles. The fourth-order valence-corrected chi connectivity index (χ4v) is 3.87. The van der Waals surface area contributed by atoms with Crippen molar-refractivity contribution >= 4 is 16.8 Å². The number of benzene rings is 1. The van der Waals surface area contributed by atoms with E-state index in [2.05, 4.69) is 15.7 Å². The zero-order valence-electron chi connectivity index (χ0n) is 16.0. The molecular formula is C22H24FN3O2. The maximum Gasteiger partial charge on any atom is 0.222 e. The summed E-state index contributed by atoms with van der Waals surface area (Å²) < 4.78 is 20.6. The second-order valence-electron chi connectivity index (χ2n) is 7.24. The summed E-state index contributed by atoms with van der Waals surface area (Å²) in [5.74, 6) is 0.622. The van der Waals surface area contributed by atoms with Gasteiger partial charge in [0.15, 0.2) is 0 Å². The van der Waals surface area contributed by atoms with Crippen LogP contribution in [0.2, 0.25) is 0 Å². The van der Waals surface area contributed by atoms with E-state index in [0.29, 0.717) is 18.8 Å². The maximum atomic E-state index is 13.2. The van der Waals surface area contributed by atoms with E-state index in [4.69, 9.17) is 4.74 Å². The fourth-order valence-electron chi connectivity index (χ4n) is 3.87. The van der Waals surface area contributed by atoms with Gasteiger partial charge in [-0.05, 0) is 42.5 Å². The molecule has 1 amide bonds. The van der Waals surface area contributed by atoms with Gasteiger partial charge in [0.25, 0.3) is 0 Å². The Kier molecular flexibility index (Phi) is 5.28. The number of ether oxygens (including phenoxy) is 1. The van der Waals surface area contributed by atoms with E-state index in [-0.39, 0.29) is 11.7 Å². The molecule has 0 saturated carbocycles. The lowest BCUT2D eigenvalue weighted by atomic mass is 10.1. The molecule has 1 saturated heterocycles. The van der Waals surface area contributed by atoms with Crippen molar-refractivity contribution in [3.8, 4) is 5.88 Å². The zero-order chi connectivity index (χ0) is 19.5. The highest BCUT2D eigenvalue weighted by molar-refractivity contribution is 5.84. The van der Waals surface area contributed by atoms with E-state index in [1.165, 1.54) is 17.7 Å². The Labute approximate surface area is 163 Å². The highest BCUT2D eigenvalue weighted by Gasteiger charge is 2.19. The molecule has 0 unspecified atom stereocenters. The van der Waals surface area contributed by atoms with Gasteiger partial charge < -0.3 is 14.2 Å². The Morgan fingerprint density at radius 1 is 1.25 bits per heavy atom. The van der Waals surface area contributed by atoms with Crippen LogP contribution < -0.4 is 4.74 Å². The van der Waals surface area contributed by atoms with Gasteiger partial charge in [0.2, 0.25) is 11.8 Å². The number of rotatable bonds is 7. The van der Waals surface area contributed by atoms with E-state index in [1.807, 2.05) is 17.2 Å². The third kappa shape index (κ3) is 3.86. The summed E-state index contributed by atoms with van der Waals surface area (Å²) in [6.45, 7) is 2.32. The van der Waals surface area contributed by atoms with E-state index in [0.717, 1.165) is 48.8 Å². The zero-order valence-corrected chi connectivity index (χ0v) is 16.0. The molecule has 0 atom stereocenters. The third-order valence-electron chi connectivity index (χ3n) is 5.35. The van der Waals surface area contributed by atoms with Crippen LogP contribution in [0.25, 0.3) is 10.9 Å². The monoisotopic (exact) mass is 381 g/mol. The van der Waals surface area contributed by atoms with Gasteiger partial charge in [-0.2, -0.15) is 0 Å². The number of likely N-dealkylation sites (tertiary alicyclic amines) is 1. The summed E-state index contributed by atoms with van der Waals surface area (Å²) in [5.41, 5.74) is 3.27. The van der Waals surface area contributed by atoms with Crippen molar-refractivity contribution in [3.05, 3.63) is 59.7 Å². The van der Waals surface area contributed by atoms with Crippen molar-refractivity contribution in [3.63, 3.8) is 0 Å². The average Bonchev–Trinajstić information content (AvgIpc) is 3.27. The molecule has 3 heterocycles. The number of amides is 1. The predicted molar refractivity (Wildman–Crippen MR) is 106 cm³/mol. The Hall–Kier alpha value is -2.89. The lowest BCUT2D eigenvalue weighted by molar-refractivity contribution is -0.127. The van der Waals surface area contributed by atoms with Crippen molar-refractivity contribution in [2.45, 2.75) is 32.2 Å². The highest BCUT2D eigenvalue weighted by Crippen LogP contribution is 2.26. The van der Waals surface area contributed by atoms with Crippen molar-refractivity contribution in [2.75, 3.05) is 20.2 Å². The van der Waals surface area contributed by atoms with Crippen LogP contribution in [0, 0.1) is 5.82 Å². The minimum atomic E-state index is -0.232. The van der Waals surface area contributed by atoms with Crippen LogP contribution >= 0.6 is 0 Å². The smallest absolute Gasteiger partial charge is 0.222 e. The molecule has 2 aromatic heterocycles. The molecule has 0 spiro atoms. The summed E-state index contributed by atoms with van der Waals surface area (Å²) in [6.07, 6.45) is 7.42. The first-order chi connectivity index (χ1) is 13.6. The minimum absolute atomic E-state index is 0.232. The van der Waals surface area contributed by atoms with Crippen molar-refractivity contribution < 1.29 is 13.9 Å². The van der Waals surface area contributed by atoms with Gasteiger partial charge in [-0.15, -0.1) is 0 Å². The number of carbonyl (C=O) groups excluding carboxylic acids is 1. The average molecular weight is 381 g/mol. The number of hydrogen-bond acceptors (Lipinski definition) is 3. The van der Waals surface area contributed by atoms with Crippen LogP contribution in [0.3, 0.4) is 0 Å². The highest BCUT2D eigenvalue weighted by atomic mass is 19.1. The Bertz CT molecular complexity index is 981. The topological polar surface area (TPSA) is 47.4 Å². The molecule has 0 aliphatic carbocycles. The predicted octanol–water partition coefficient (Wildman–Crippen LogP) is 3.79. The summed E-state index contributed by atoms with van der Waals surface area (Å²) in [5, 5.41) is 1.11. The molecule has 1 aliphatic heterocycles. The molecule has 1 fully saturated rings. The number of hydrogen-bond donors (Lipinski definition) is 0. The van der Waals surface area contributed by atoms with Gasteiger partial charge in [-0.25, -0.2) is 9.37 Å². The second kappa shape index (κ2) is 8.00. The van der Waals surface area contributed by atoms with Gasteiger partial charge in [0.1, 0.15) is 5.82 Å². The number of methoxy groups -OCH3 is 1. The molecular weight excluding hydrogens is 357 g/mol. The molecule has 0 N–H and O–H groups in total. The van der Waals surface area contributed by atoms with Crippen LogP contribution in [-0.2, 0) is 17.8 Å². The molecule has 3 aromatic rings. The molecule has 4 rings (SSSR count). The quantitative estimate of drug-likeness (QED) is 0.626. The molecule has 146 valence electrons. The van der Waals surface area contributed by atoms with E-state index < -0.39 is 0 Å². The lowest BCUT2D eigenvalue weighted by Crippen LogP contribution is -2.25. The first kappa shape index (κ1) is 18.5. The van der Waals surface area contributed by atoms with Gasteiger partial charge in [0.05, 0.1) is 18.8 Å². The summed E-state index contributed by atoms with van der Waals surface area (Å²) in [4.78, 5) is 18.1. The Morgan fingerprint density at radius 3 is 2.79 bits per heavy atom. The maximum absolute atomic E-state index is 13.2. The van der Waals surface area contributed by atoms with Gasteiger partial charge >= 0.3 is 0 Å². The lowest BCUT2D eigenvalue weighted by Gasteiger charge is -2.14. The molecule has 1 aliphatic rings. The number of aromatic nitrogens is 2. The fraction of sp³-hybridized carbons (Fsp3) is 0.364. The largest absolute Gasteiger partial charge is 0.481 e. The third-order valence-corrected chi connectivity index (χ3v) is 5.35. The van der Waals surface area contributed by atoms with Crippen molar-refractivity contribution in [2.24, 2.45) is 0 Å². The molecule has 28 heavy (non-hydrogen) atoms. The summed E-state index contributed by atoms with van der Waals surface area (Å²) >= 11 is 0. The number of aryl methyl sites for hydroxylation is 1. The molecule has 6 heteroatoms. The molecule has 0 bridgehead atoms. The number of fused-ring (bicyclic) bond motifs is 1. The van der Waals surface area contributed by atoms with Gasteiger partial charge in [0, 0.05) is 43.7 Å². The SMILES string of the molecule is COc1cc2c(CCCN3CCCC3=O)cn(Cc3ccc(F)cc3)c2cn1. The number of pyridine rings is 1. The van der Waals surface area contributed by atoms with Crippen LogP contribution in [0.15, 0.2) is 42.7 Å². The van der Waals surface area contributed by atoms with Crippen molar-refractivity contribution in [1.29, 1.82) is 0 Å². The second-order valence-corrected chi connectivity index (χ2v) is 7.24. The van der Waals surface area contributed by atoms with E-state index in [9.17, 15) is 9.18 Å². The van der Waals surface area contributed by atoms with Gasteiger partial charge in [-0.3, -0.25) is 4.79 Å². The van der Waals surface area contributed by atoms with E-state index >= 15 is 0 Å². The van der Waals surface area contributed by atoms with Crippen molar-refractivity contribution in [1.82, 2.24) is 14.5 Å². The first-order valence-electron chi connectivity index (χ1n) is 9.68. The first-order valence-corrected chi connectivity index (χ1v) is 9.68.